The molecule has 0 aliphatic carbocycles. The van der Waals surface area contributed by atoms with Crippen LogP contribution in [0, 0.1) is 11.3 Å². The number of hydrogen-bond donors (Lipinski definition) is 2. The molecule has 2 heterocycles. The minimum atomic E-state index is -0.275. The summed E-state index contributed by atoms with van der Waals surface area (Å²) in [5, 5.41) is 15.0. The summed E-state index contributed by atoms with van der Waals surface area (Å²) in [6, 6.07) is 10.7. The van der Waals surface area contributed by atoms with Crippen LogP contribution in [-0.4, -0.2) is 47.6 Å². The highest BCUT2D eigenvalue weighted by Crippen LogP contribution is 2.18. The van der Waals surface area contributed by atoms with Gasteiger partial charge in [0, 0.05) is 37.2 Å². The number of hydrogen-bond acceptors (Lipinski definition) is 6. The van der Waals surface area contributed by atoms with Gasteiger partial charge in [-0.3, -0.25) is 9.78 Å². The highest BCUT2D eigenvalue weighted by Gasteiger charge is 2.23. The maximum Gasteiger partial charge on any atom is 0.409 e. The zero-order valence-corrected chi connectivity index (χ0v) is 16.2. The van der Waals surface area contributed by atoms with Gasteiger partial charge in [0.15, 0.2) is 0 Å². The summed E-state index contributed by atoms with van der Waals surface area (Å²) >= 11 is 0. The van der Waals surface area contributed by atoms with E-state index in [4.69, 9.17) is 10.00 Å². The van der Waals surface area contributed by atoms with Crippen LogP contribution in [0.5, 0.6) is 0 Å². The molecule has 1 fully saturated rings. The standard InChI is InChI=1S/C21H23N5O3/c1-2-29-21(28)26-9-7-18(8-10-26)24-19-11-16(13-23-14-19)20(27)25-17-5-3-15(12-22)4-6-17/h3-6,11,13-14,18,24H,2,7-10H2,1H3,(H,25,27). The lowest BCUT2D eigenvalue weighted by Gasteiger charge is -2.32. The first-order valence-electron chi connectivity index (χ1n) is 9.54. The molecule has 2 aromatic rings. The molecule has 0 saturated carbocycles. The SMILES string of the molecule is CCOC(=O)N1CCC(Nc2cncc(C(=O)Nc3ccc(C#N)cc3)c2)CC1. The molecular weight excluding hydrogens is 370 g/mol. The van der Waals surface area contributed by atoms with Crippen LogP contribution in [0.1, 0.15) is 35.7 Å². The Morgan fingerprint density at radius 3 is 2.59 bits per heavy atom. The number of ether oxygens (including phenoxy) is 1. The van der Waals surface area contributed by atoms with Crippen LogP contribution >= 0.6 is 0 Å². The topological polar surface area (TPSA) is 107 Å². The van der Waals surface area contributed by atoms with E-state index in [-0.39, 0.29) is 18.0 Å². The van der Waals surface area contributed by atoms with E-state index in [2.05, 4.69) is 15.6 Å². The molecule has 3 rings (SSSR count). The molecular formula is C21H23N5O3. The fourth-order valence-corrected chi connectivity index (χ4v) is 3.13. The highest BCUT2D eigenvalue weighted by molar-refractivity contribution is 6.04. The zero-order valence-electron chi connectivity index (χ0n) is 16.2. The van der Waals surface area contributed by atoms with Gasteiger partial charge in [0.25, 0.3) is 5.91 Å². The van der Waals surface area contributed by atoms with Crippen molar-refractivity contribution in [2.45, 2.75) is 25.8 Å². The first kappa shape index (κ1) is 20.1. The van der Waals surface area contributed by atoms with Crippen molar-refractivity contribution in [3.63, 3.8) is 0 Å². The third-order valence-corrected chi connectivity index (χ3v) is 4.66. The second-order valence-electron chi connectivity index (χ2n) is 6.71. The van der Waals surface area contributed by atoms with Gasteiger partial charge in [-0.1, -0.05) is 0 Å². The summed E-state index contributed by atoms with van der Waals surface area (Å²) in [5.41, 5.74) is 2.33. The quantitative estimate of drug-likeness (QED) is 0.807. The van der Waals surface area contributed by atoms with Crippen molar-refractivity contribution in [2.24, 2.45) is 0 Å². The molecule has 2 N–H and O–H groups in total. The number of aromatic nitrogens is 1. The third kappa shape index (κ3) is 5.45. The van der Waals surface area contributed by atoms with E-state index >= 15 is 0 Å². The Balaban J connectivity index is 1.56. The second-order valence-corrected chi connectivity index (χ2v) is 6.71. The van der Waals surface area contributed by atoms with E-state index < -0.39 is 0 Å². The van der Waals surface area contributed by atoms with Crippen molar-refractivity contribution >= 4 is 23.4 Å². The van der Waals surface area contributed by atoms with Gasteiger partial charge >= 0.3 is 6.09 Å². The lowest BCUT2D eigenvalue weighted by molar-refractivity contribution is 0.0981. The van der Waals surface area contributed by atoms with E-state index in [0.29, 0.717) is 36.5 Å². The average molecular weight is 393 g/mol. The summed E-state index contributed by atoms with van der Waals surface area (Å²) in [7, 11) is 0. The number of pyridine rings is 1. The first-order chi connectivity index (χ1) is 14.1. The second kappa shape index (κ2) is 9.55. The number of carbonyl (C=O) groups is 2. The molecule has 1 saturated heterocycles. The Hall–Kier alpha value is -3.60. The van der Waals surface area contributed by atoms with Gasteiger partial charge in [0.1, 0.15) is 0 Å². The Labute approximate surface area is 169 Å². The van der Waals surface area contributed by atoms with Crippen LogP contribution < -0.4 is 10.6 Å². The molecule has 1 aliphatic heterocycles. The van der Waals surface area contributed by atoms with Crippen molar-refractivity contribution in [2.75, 3.05) is 30.3 Å². The Morgan fingerprint density at radius 2 is 1.93 bits per heavy atom. The van der Waals surface area contributed by atoms with Gasteiger partial charge in [0.05, 0.1) is 29.5 Å². The van der Waals surface area contributed by atoms with E-state index in [0.717, 1.165) is 18.5 Å². The molecule has 0 atom stereocenters. The lowest BCUT2D eigenvalue weighted by Crippen LogP contribution is -2.42. The predicted octanol–water partition coefficient (Wildman–Crippen LogP) is 3.24. The van der Waals surface area contributed by atoms with Gasteiger partial charge in [0.2, 0.25) is 0 Å². The monoisotopic (exact) mass is 393 g/mol. The third-order valence-electron chi connectivity index (χ3n) is 4.66. The van der Waals surface area contributed by atoms with Gasteiger partial charge in [-0.05, 0) is 50.1 Å². The van der Waals surface area contributed by atoms with Crippen LogP contribution in [0.2, 0.25) is 0 Å². The number of nitrogens with one attached hydrogen (secondary N) is 2. The molecule has 0 spiro atoms. The molecule has 0 bridgehead atoms. The molecule has 1 aliphatic rings. The summed E-state index contributed by atoms with van der Waals surface area (Å²) in [6.45, 7) is 3.43. The van der Waals surface area contributed by atoms with Gasteiger partial charge < -0.3 is 20.3 Å². The van der Waals surface area contributed by atoms with Crippen LogP contribution in [0.4, 0.5) is 16.2 Å². The Morgan fingerprint density at radius 1 is 1.21 bits per heavy atom. The molecule has 0 unspecified atom stereocenters. The Kier molecular flexibility index (Phi) is 6.63. The number of nitriles is 1. The zero-order chi connectivity index (χ0) is 20.6. The maximum atomic E-state index is 12.5. The van der Waals surface area contributed by atoms with E-state index in [1.54, 1.807) is 48.4 Å². The number of rotatable bonds is 5. The summed E-state index contributed by atoms with van der Waals surface area (Å²) in [6.07, 6.45) is 4.50. The number of amides is 2. The molecule has 8 nitrogen and oxygen atoms in total. The van der Waals surface area contributed by atoms with Crippen molar-refractivity contribution in [3.05, 3.63) is 53.9 Å². The molecule has 150 valence electrons. The van der Waals surface area contributed by atoms with Gasteiger partial charge in [-0.25, -0.2) is 4.79 Å². The van der Waals surface area contributed by atoms with E-state index in [9.17, 15) is 9.59 Å². The average Bonchev–Trinajstić information content (AvgIpc) is 2.75. The number of anilines is 2. The first-order valence-corrected chi connectivity index (χ1v) is 9.54. The van der Waals surface area contributed by atoms with Crippen molar-refractivity contribution < 1.29 is 14.3 Å². The Bertz CT molecular complexity index is 899. The molecule has 2 amide bonds. The van der Waals surface area contributed by atoms with Gasteiger partial charge in [-0.15, -0.1) is 0 Å². The minimum absolute atomic E-state index is 0.194. The lowest BCUT2D eigenvalue weighted by atomic mass is 10.1. The van der Waals surface area contributed by atoms with Gasteiger partial charge in [-0.2, -0.15) is 5.26 Å². The molecule has 1 aromatic heterocycles. The predicted molar refractivity (Wildman–Crippen MR) is 109 cm³/mol. The molecule has 29 heavy (non-hydrogen) atoms. The van der Waals surface area contributed by atoms with Crippen molar-refractivity contribution in [3.8, 4) is 6.07 Å². The number of piperidine rings is 1. The van der Waals surface area contributed by atoms with E-state index in [1.165, 1.54) is 6.20 Å². The van der Waals surface area contributed by atoms with Crippen LogP contribution in [0.25, 0.3) is 0 Å². The minimum Gasteiger partial charge on any atom is -0.450 e. The summed E-state index contributed by atoms with van der Waals surface area (Å²) in [5.74, 6) is -0.275. The molecule has 8 heteroatoms. The smallest absolute Gasteiger partial charge is 0.409 e. The number of likely N-dealkylation sites (tertiary alicyclic amines) is 1. The van der Waals surface area contributed by atoms with Crippen LogP contribution in [-0.2, 0) is 4.74 Å². The van der Waals surface area contributed by atoms with Crippen LogP contribution in [0.3, 0.4) is 0 Å². The number of nitrogens with zero attached hydrogens (tertiary/aromatic N) is 3. The number of benzene rings is 1. The highest BCUT2D eigenvalue weighted by atomic mass is 16.6. The van der Waals surface area contributed by atoms with Crippen molar-refractivity contribution in [1.82, 2.24) is 9.88 Å². The fraction of sp³-hybridized carbons (Fsp3) is 0.333. The molecule has 0 radical (unpaired) electrons. The number of carbonyl (C=O) groups excluding carboxylic acids is 2. The summed E-state index contributed by atoms with van der Waals surface area (Å²) in [4.78, 5) is 30.1. The largest absolute Gasteiger partial charge is 0.450 e. The van der Waals surface area contributed by atoms with Crippen molar-refractivity contribution in [1.29, 1.82) is 5.26 Å². The van der Waals surface area contributed by atoms with E-state index in [1.807, 2.05) is 6.07 Å². The maximum absolute atomic E-state index is 12.5. The van der Waals surface area contributed by atoms with Crippen LogP contribution in [0.15, 0.2) is 42.7 Å². The molecule has 1 aromatic carbocycles. The normalized spacial score (nSPS) is 14.0. The fourth-order valence-electron chi connectivity index (χ4n) is 3.13. The summed E-state index contributed by atoms with van der Waals surface area (Å²) < 4.78 is 5.03.